The largest absolute Gasteiger partial charge is 0.463 e. The third-order valence-electron chi connectivity index (χ3n) is 1.86. The molecule has 0 aliphatic heterocycles. The van der Waals surface area contributed by atoms with E-state index in [1.807, 2.05) is 0 Å². The normalized spacial score (nSPS) is 12.0. The molecule has 2 nitrogen and oxygen atoms in total. The molecular weight excluding hydrogens is 251 g/mol. The monoisotopic (exact) mass is 268 g/mol. The first-order valence-corrected chi connectivity index (χ1v) is 7.93. The average Bonchev–Trinajstić information content (AvgIpc) is 2.16. The van der Waals surface area contributed by atoms with Crippen LogP contribution in [-0.2, 0) is 9.53 Å². The summed E-state index contributed by atoms with van der Waals surface area (Å²) in [5, 5.41) is 0. The fraction of sp³-hybridized carbons (Fsp3) is 0.700. The van der Waals surface area contributed by atoms with Crippen molar-refractivity contribution >= 4 is 38.7 Å². The van der Waals surface area contributed by atoms with Crippen molar-refractivity contribution in [3.8, 4) is 0 Å². The summed E-state index contributed by atoms with van der Waals surface area (Å²) in [6, 6.07) is 1.17. The molecule has 0 N–H and O–H groups in total. The highest BCUT2D eigenvalue weighted by Crippen LogP contribution is 2.06. The number of hydrogen-bond donors (Lipinski definition) is 0. The van der Waals surface area contributed by atoms with Crippen LogP contribution >= 0.6 is 23.2 Å². The molecule has 15 heavy (non-hydrogen) atoms. The Hall–Kier alpha value is 0.00688. The molecule has 0 saturated carbocycles. The van der Waals surface area contributed by atoms with E-state index < -0.39 is 0 Å². The second kappa shape index (κ2) is 10.5. The molecule has 0 aromatic rings. The number of alkyl halides is 2. The van der Waals surface area contributed by atoms with Crippen molar-refractivity contribution in [3.05, 3.63) is 12.2 Å². The summed E-state index contributed by atoms with van der Waals surface area (Å²) < 4.78 is 4.83. The van der Waals surface area contributed by atoms with E-state index in [1.165, 1.54) is 12.1 Å². The Morgan fingerprint density at radius 2 is 2.13 bits per heavy atom. The Balaban J connectivity index is 3.15. The fourth-order valence-electron chi connectivity index (χ4n) is 1.11. The number of ether oxygens (including phenoxy) is 1. The number of rotatable bonds is 8. The molecule has 0 aliphatic rings. The molecule has 0 rings (SSSR count). The SMILES string of the molecule is CC=CC(=O)OCCCCC[SiH2]C(Cl)Cl. The van der Waals surface area contributed by atoms with E-state index in [0.29, 0.717) is 6.61 Å². The topological polar surface area (TPSA) is 26.3 Å². The van der Waals surface area contributed by atoms with Crippen LogP contribution in [0.4, 0.5) is 0 Å². The maximum Gasteiger partial charge on any atom is 0.330 e. The Labute approximate surface area is 104 Å². The van der Waals surface area contributed by atoms with Crippen molar-refractivity contribution in [1.82, 2.24) is 0 Å². The van der Waals surface area contributed by atoms with Crippen molar-refractivity contribution in [2.75, 3.05) is 6.61 Å². The van der Waals surface area contributed by atoms with Crippen molar-refractivity contribution in [1.29, 1.82) is 0 Å². The summed E-state index contributed by atoms with van der Waals surface area (Å²) in [6.07, 6.45) is 6.25. The third kappa shape index (κ3) is 11.9. The number of unbranched alkanes of at least 4 members (excludes halogenated alkanes) is 2. The van der Waals surface area contributed by atoms with E-state index in [2.05, 4.69) is 0 Å². The van der Waals surface area contributed by atoms with Crippen LogP contribution < -0.4 is 0 Å². The van der Waals surface area contributed by atoms with Gasteiger partial charge in [0.15, 0.2) is 0 Å². The van der Waals surface area contributed by atoms with Gasteiger partial charge in [0, 0.05) is 6.08 Å². The molecule has 0 spiro atoms. The summed E-state index contributed by atoms with van der Waals surface area (Å²) in [5.74, 6) is -0.256. The third-order valence-corrected chi connectivity index (χ3v) is 4.52. The van der Waals surface area contributed by atoms with Gasteiger partial charge in [-0.3, -0.25) is 0 Å². The van der Waals surface area contributed by atoms with Crippen LogP contribution in [0, 0.1) is 0 Å². The molecule has 0 bridgehead atoms. The highest BCUT2D eigenvalue weighted by Gasteiger charge is 1.99. The summed E-state index contributed by atoms with van der Waals surface area (Å²) in [5.41, 5.74) is 0. The van der Waals surface area contributed by atoms with Gasteiger partial charge in [0.05, 0.1) is 20.6 Å². The number of carbonyl (C=O) groups is 1. The van der Waals surface area contributed by atoms with Crippen LogP contribution in [0.15, 0.2) is 12.2 Å². The predicted octanol–water partition coefficient (Wildman–Crippen LogP) is 2.62. The zero-order valence-electron chi connectivity index (χ0n) is 9.05. The fourth-order valence-corrected chi connectivity index (χ4v) is 2.99. The Bertz CT molecular complexity index is 196. The zero-order chi connectivity index (χ0) is 11.5. The molecule has 0 atom stereocenters. The molecule has 0 amide bonds. The van der Waals surface area contributed by atoms with Crippen molar-refractivity contribution in [3.63, 3.8) is 0 Å². The number of carbonyl (C=O) groups excluding carboxylic acids is 1. The van der Waals surface area contributed by atoms with Crippen LogP contribution in [0.3, 0.4) is 0 Å². The number of hydrogen-bond acceptors (Lipinski definition) is 2. The average molecular weight is 269 g/mol. The van der Waals surface area contributed by atoms with Gasteiger partial charge in [-0.25, -0.2) is 4.79 Å². The first-order valence-electron chi connectivity index (χ1n) is 5.24. The lowest BCUT2D eigenvalue weighted by molar-refractivity contribution is -0.137. The molecule has 0 heterocycles. The molecule has 0 aliphatic carbocycles. The minimum absolute atomic E-state index is 0.113. The molecular formula is C10H18Cl2O2Si. The van der Waals surface area contributed by atoms with Crippen molar-refractivity contribution in [2.45, 2.75) is 36.7 Å². The molecule has 88 valence electrons. The van der Waals surface area contributed by atoms with Gasteiger partial charge in [0.25, 0.3) is 0 Å². The van der Waals surface area contributed by atoms with Gasteiger partial charge in [0.2, 0.25) is 0 Å². The molecule has 0 saturated heterocycles. The Kier molecular flexibility index (Phi) is 10.5. The Morgan fingerprint density at radius 3 is 2.73 bits per heavy atom. The van der Waals surface area contributed by atoms with E-state index in [-0.39, 0.29) is 19.9 Å². The number of esters is 1. The van der Waals surface area contributed by atoms with Crippen LogP contribution in [0.2, 0.25) is 6.04 Å². The van der Waals surface area contributed by atoms with Gasteiger partial charge in [-0.1, -0.05) is 25.0 Å². The highest BCUT2D eigenvalue weighted by atomic mass is 35.5. The second-order valence-corrected chi connectivity index (χ2v) is 7.67. The predicted molar refractivity (Wildman–Crippen MR) is 68.5 cm³/mol. The van der Waals surface area contributed by atoms with E-state index in [1.54, 1.807) is 13.0 Å². The number of halogens is 2. The van der Waals surface area contributed by atoms with E-state index in [9.17, 15) is 4.79 Å². The first-order chi connectivity index (χ1) is 7.16. The highest BCUT2D eigenvalue weighted by molar-refractivity contribution is 6.68. The molecule has 5 heteroatoms. The molecule has 0 aromatic heterocycles. The van der Waals surface area contributed by atoms with Crippen LogP contribution in [0.5, 0.6) is 0 Å². The molecule has 0 fully saturated rings. The van der Waals surface area contributed by atoms with E-state index in [4.69, 9.17) is 27.9 Å². The lowest BCUT2D eigenvalue weighted by Gasteiger charge is -2.02. The number of allylic oxidation sites excluding steroid dienone is 1. The van der Waals surface area contributed by atoms with Crippen molar-refractivity contribution in [2.24, 2.45) is 0 Å². The van der Waals surface area contributed by atoms with E-state index >= 15 is 0 Å². The minimum atomic E-state index is -0.300. The minimum Gasteiger partial charge on any atom is -0.463 e. The van der Waals surface area contributed by atoms with Crippen molar-refractivity contribution < 1.29 is 9.53 Å². The smallest absolute Gasteiger partial charge is 0.330 e. The maximum absolute atomic E-state index is 10.9. The summed E-state index contributed by atoms with van der Waals surface area (Å²) in [7, 11) is -0.300. The second-order valence-electron chi connectivity index (χ2n) is 3.26. The molecule has 0 unspecified atom stereocenters. The summed E-state index contributed by atoms with van der Waals surface area (Å²) >= 11 is 11.3. The van der Waals surface area contributed by atoms with E-state index in [0.717, 1.165) is 19.3 Å². The quantitative estimate of drug-likeness (QED) is 0.223. The lowest BCUT2D eigenvalue weighted by atomic mass is 10.3. The Morgan fingerprint density at radius 1 is 1.40 bits per heavy atom. The molecule has 0 radical (unpaired) electrons. The van der Waals surface area contributed by atoms with Gasteiger partial charge < -0.3 is 4.74 Å². The van der Waals surface area contributed by atoms with Crippen LogP contribution in [0.1, 0.15) is 26.2 Å². The lowest BCUT2D eigenvalue weighted by Crippen LogP contribution is -2.03. The van der Waals surface area contributed by atoms with Crippen LogP contribution in [0.25, 0.3) is 0 Å². The van der Waals surface area contributed by atoms with Gasteiger partial charge in [-0.15, -0.1) is 23.2 Å². The summed E-state index contributed by atoms with van der Waals surface area (Å²) in [6.45, 7) is 2.30. The summed E-state index contributed by atoms with van der Waals surface area (Å²) in [4.78, 5) is 10.9. The van der Waals surface area contributed by atoms with Gasteiger partial charge in [-0.05, 0) is 13.3 Å². The van der Waals surface area contributed by atoms with Gasteiger partial charge in [-0.2, -0.15) is 0 Å². The first kappa shape index (κ1) is 15.0. The van der Waals surface area contributed by atoms with Crippen LogP contribution in [-0.4, -0.2) is 26.6 Å². The standard InChI is InChI=1S/C10H18Cl2O2Si/c1-2-6-9(13)14-7-4-3-5-8-15-10(11)12/h2,6,10H,3-5,7-8,15H2,1H3. The molecule has 0 aromatic carbocycles. The van der Waals surface area contributed by atoms with Gasteiger partial charge in [0.1, 0.15) is 0 Å². The zero-order valence-corrected chi connectivity index (χ0v) is 12.0. The maximum atomic E-state index is 10.9. The van der Waals surface area contributed by atoms with Gasteiger partial charge >= 0.3 is 5.97 Å².